The maximum atomic E-state index is 12.7. The van der Waals surface area contributed by atoms with Crippen molar-refractivity contribution in [2.75, 3.05) is 23.2 Å². The Morgan fingerprint density at radius 1 is 0.868 bits per heavy atom. The number of carbonyl (C=O) groups is 2. The summed E-state index contributed by atoms with van der Waals surface area (Å²) in [4.78, 5) is 21.5. The first-order chi connectivity index (χ1) is 25.0. The Balaban J connectivity index is 0.000000815. The molecule has 0 aliphatic heterocycles. The Labute approximate surface area is 305 Å². The van der Waals surface area contributed by atoms with Crippen molar-refractivity contribution in [2.45, 2.75) is 56.1 Å². The van der Waals surface area contributed by atoms with Gasteiger partial charge in [0, 0.05) is 47.1 Å². The normalized spacial score (nSPS) is 12.4. The zero-order valence-electron chi connectivity index (χ0n) is 29.0. The number of carboxylic acids is 1. The molecule has 0 fully saturated rings. The number of carbonyl (C=O) groups excluding carboxylic acids is 1. The molecular weight excluding hydrogens is 714 g/mol. The summed E-state index contributed by atoms with van der Waals surface area (Å²) in [5, 5.41) is 25.4. The van der Waals surface area contributed by atoms with Crippen molar-refractivity contribution in [1.29, 1.82) is 0 Å². The minimum atomic E-state index is -5.08. The molecule has 53 heavy (non-hydrogen) atoms. The molecule has 5 rings (SSSR count). The van der Waals surface area contributed by atoms with Crippen molar-refractivity contribution in [2.24, 2.45) is 0 Å². The van der Waals surface area contributed by atoms with Gasteiger partial charge in [0.15, 0.2) is 0 Å². The Kier molecular flexibility index (Phi) is 13.8. The predicted octanol–water partition coefficient (Wildman–Crippen LogP) is 6.72. The van der Waals surface area contributed by atoms with Gasteiger partial charge in [0.1, 0.15) is 6.61 Å². The summed E-state index contributed by atoms with van der Waals surface area (Å²) in [5.41, 5.74) is 3.49. The third-order valence-electron chi connectivity index (χ3n) is 7.97. The van der Waals surface area contributed by atoms with Crippen LogP contribution in [0.1, 0.15) is 37.5 Å². The van der Waals surface area contributed by atoms with Gasteiger partial charge in [-0.05, 0) is 79.9 Å². The number of fused-ring (bicyclic) bond motifs is 1. The smallest absolute Gasteiger partial charge is 0.475 e. The van der Waals surface area contributed by atoms with Gasteiger partial charge in [0.05, 0.1) is 17.6 Å². The van der Waals surface area contributed by atoms with Crippen LogP contribution in [0.3, 0.4) is 0 Å². The highest BCUT2D eigenvalue weighted by atomic mass is 32.2. The quantitative estimate of drug-likeness (QED) is 0.0788. The first kappa shape index (κ1) is 40.5. The third-order valence-corrected chi connectivity index (χ3v) is 9.37. The maximum absolute atomic E-state index is 12.7. The lowest BCUT2D eigenvalue weighted by Gasteiger charge is -2.28. The van der Waals surface area contributed by atoms with E-state index in [0.29, 0.717) is 30.1 Å². The number of nitrogens with zero attached hydrogens (tertiary/aromatic N) is 1. The monoisotopic (exact) mass is 754 g/mol. The summed E-state index contributed by atoms with van der Waals surface area (Å²) in [6.07, 6.45) is -3.09. The lowest BCUT2D eigenvalue weighted by atomic mass is 9.99. The van der Waals surface area contributed by atoms with Gasteiger partial charge in [0.2, 0.25) is 5.91 Å². The number of nitrogens with one attached hydrogen (secondary N) is 3. The van der Waals surface area contributed by atoms with Crippen molar-refractivity contribution in [3.05, 3.63) is 127 Å². The molecule has 5 aromatic rings. The van der Waals surface area contributed by atoms with Gasteiger partial charge >= 0.3 is 12.1 Å². The SMILES string of the molecule is CC(C)(CCn1ccc2cc(NC(=O)COCc3ccccc3)ccc21)NCC(O)c1cccc(NS(=O)(=O)c2ccccc2)c1.O=C(O)C(F)(F)F. The first-order valence-electron chi connectivity index (χ1n) is 16.4. The van der Waals surface area contributed by atoms with Crippen molar-refractivity contribution in [1.82, 2.24) is 9.88 Å². The van der Waals surface area contributed by atoms with Crippen LogP contribution in [0.2, 0.25) is 0 Å². The topological polar surface area (TPSA) is 159 Å². The Hall–Kier alpha value is -5.22. The van der Waals surface area contributed by atoms with Crippen molar-refractivity contribution in [3.63, 3.8) is 0 Å². The largest absolute Gasteiger partial charge is 0.490 e. The highest BCUT2D eigenvalue weighted by molar-refractivity contribution is 7.92. The number of anilines is 2. The van der Waals surface area contributed by atoms with E-state index >= 15 is 0 Å². The number of hydrogen-bond donors (Lipinski definition) is 5. The molecular formula is C38H41F3N4O7S. The van der Waals surface area contributed by atoms with Gasteiger partial charge in [-0.2, -0.15) is 13.2 Å². The molecule has 1 aromatic heterocycles. The fourth-order valence-corrected chi connectivity index (χ4v) is 6.18. The number of halogens is 3. The Morgan fingerprint density at radius 3 is 2.19 bits per heavy atom. The van der Waals surface area contributed by atoms with Crippen LogP contribution in [0.15, 0.2) is 120 Å². The fraction of sp³-hybridized carbons (Fsp3) is 0.263. The number of aliphatic hydroxyl groups excluding tert-OH is 1. The van der Waals surface area contributed by atoms with Crippen LogP contribution >= 0.6 is 0 Å². The van der Waals surface area contributed by atoms with E-state index in [1.54, 1.807) is 42.5 Å². The number of alkyl halides is 3. The molecule has 1 heterocycles. The van der Waals surface area contributed by atoms with Crippen LogP contribution < -0.4 is 15.4 Å². The zero-order valence-corrected chi connectivity index (χ0v) is 29.8. The maximum Gasteiger partial charge on any atom is 0.490 e. The summed E-state index contributed by atoms with van der Waals surface area (Å²) in [7, 11) is -3.73. The van der Waals surface area contributed by atoms with E-state index in [9.17, 15) is 31.5 Å². The Morgan fingerprint density at radius 2 is 1.53 bits per heavy atom. The number of amides is 1. The van der Waals surface area contributed by atoms with E-state index in [-0.39, 0.29) is 22.9 Å². The number of aliphatic carboxylic acids is 1. The van der Waals surface area contributed by atoms with Crippen LogP contribution in [0.4, 0.5) is 24.5 Å². The molecule has 15 heteroatoms. The average Bonchev–Trinajstić information content (AvgIpc) is 3.52. The molecule has 0 bridgehead atoms. The molecule has 282 valence electrons. The zero-order chi connectivity index (χ0) is 38.6. The van der Waals surface area contributed by atoms with Gasteiger partial charge in [0.25, 0.3) is 10.0 Å². The number of aliphatic hydroxyl groups is 1. The highest BCUT2D eigenvalue weighted by Gasteiger charge is 2.38. The number of carboxylic acid groups (broad SMARTS) is 1. The highest BCUT2D eigenvalue weighted by Crippen LogP contribution is 2.24. The summed E-state index contributed by atoms with van der Waals surface area (Å²) in [6, 6.07) is 32.6. The number of hydrogen-bond acceptors (Lipinski definition) is 7. The number of aryl methyl sites for hydroxylation is 1. The van der Waals surface area contributed by atoms with Crippen molar-refractivity contribution < 1.29 is 46.1 Å². The van der Waals surface area contributed by atoms with E-state index in [2.05, 4.69) is 33.8 Å². The lowest BCUT2D eigenvalue weighted by molar-refractivity contribution is -0.192. The molecule has 1 amide bonds. The number of sulfonamides is 1. The second-order valence-electron chi connectivity index (χ2n) is 12.7. The van der Waals surface area contributed by atoms with Gasteiger partial charge in [-0.3, -0.25) is 9.52 Å². The van der Waals surface area contributed by atoms with Crippen molar-refractivity contribution >= 4 is 44.2 Å². The fourth-order valence-electron chi connectivity index (χ4n) is 5.11. The Bertz CT molecular complexity index is 2070. The molecule has 0 aliphatic carbocycles. The molecule has 0 radical (unpaired) electrons. The molecule has 4 aromatic carbocycles. The molecule has 11 nitrogen and oxygen atoms in total. The molecule has 0 saturated carbocycles. The van der Waals surface area contributed by atoms with Gasteiger partial charge < -0.3 is 30.2 Å². The summed E-state index contributed by atoms with van der Waals surface area (Å²) < 4.78 is 67.5. The minimum Gasteiger partial charge on any atom is -0.475 e. The average molecular weight is 755 g/mol. The number of β-amino-alcohol motifs (C(OH)–C–C–N with tert-alkyl or cyclic N) is 1. The van der Waals surface area contributed by atoms with Crippen LogP contribution in [-0.4, -0.2) is 59.9 Å². The lowest BCUT2D eigenvalue weighted by Crippen LogP contribution is -2.42. The van der Waals surface area contributed by atoms with E-state index in [0.717, 1.165) is 29.4 Å². The molecule has 1 unspecified atom stereocenters. The number of aromatic nitrogens is 1. The number of benzene rings is 4. The molecule has 0 spiro atoms. The van der Waals surface area contributed by atoms with E-state index in [1.807, 2.05) is 60.8 Å². The van der Waals surface area contributed by atoms with E-state index < -0.39 is 28.3 Å². The number of ether oxygens (including phenoxy) is 1. The first-order valence-corrected chi connectivity index (χ1v) is 17.9. The summed E-state index contributed by atoms with van der Waals surface area (Å²) in [5.74, 6) is -2.96. The second kappa shape index (κ2) is 18.0. The summed E-state index contributed by atoms with van der Waals surface area (Å²) in [6.45, 7) is 5.57. The van der Waals surface area contributed by atoms with Gasteiger partial charge in [-0.25, -0.2) is 13.2 Å². The standard InChI is InChI=1S/C36H40N4O5S.C2HF3O2/c1-36(2,37-24-34(41)29-12-9-13-31(23-29)39-46(43,44)32-14-7-4-8-15-32)19-21-40-20-18-28-22-30(16-17-33(28)40)38-35(42)26-45-25-27-10-5-3-6-11-27;3-2(4,5)1(6)7/h3-18,20,22-23,34,37,39,41H,19,21,24-26H2,1-2H3,(H,38,42);(H,6,7). The van der Waals surface area contributed by atoms with Crippen LogP contribution in [0.5, 0.6) is 0 Å². The van der Waals surface area contributed by atoms with Crippen LogP contribution in [0, 0.1) is 0 Å². The molecule has 5 N–H and O–H groups in total. The summed E-state index contributed by atoms with van der Waals surface area (Å²) >= 11 is 0. The third kappa shape index (κ3) is 12.7. The van der Waals surface area contributed by atoms with Gasteiger partial charge in [-0.1, -0.05) is 60.7 Å². The molecule has 0 aliphatic rings. The number of rotatable bonds is 15. The van der Waals surface area contributed by atoms with Crippen LogP contribution in [0.25, 0.3) is 10.9 Å². The van der Waals surface area contributed by atoms with Crippen molar-refractivity contribution in [3.8, 4) is 0 Å². The molecule has 0 saturated heterocycles. The van der Waals surface area contributed by atoms with E-state index in [1.165, 1.54) is 12.1 Å². The van der Waals surface area contributed by atoms with Crippen LogP contribution in [-0.2, 0) is 37.5 Å². The molecule has 1 atom stereocenters. The predicted molar refractivity (Wildman–Crippen MR) is 196 cm³/mol. The van der Waals surface area contributed by atoms with E-state index in [4.69, 9.17) is 14.6 Å². The van der Waals surface area contributed by atoms with Gasteiger partial charge in [-0.15, -0.1) is 0 Å². The minimum absolute atomic E-state index is 0.0246. The second-order valence-corrected chi connectivity index (χ2v) is 14.4.